The van der Waals surface area contributed by atoms with E-state index in [1.807, 2.05) is 0 Å². The van der Waals surface area contributed by atoms with Gasteiger partial charge >= 0.3 is 17.9 Å². The molecule has 0 aliphatic carbocycles. The van der Waals surface area contributed by atoms with E-state index in [1.54, 1.807) is 0 Å². The highest BCUT2D eigenvalue weighted by molar-refractivity contribution is 5.71. The Balaban J connectivity index is 4.12. The molecule has 0 aromatic rings. The van der Waals surface area contributed by atoms with E-state index in [-0.39, 0.29) is 31.1 Å². The first-order valence-electron chi connectivity index (χ1n) is 35.4. The largest absolute Gasteiger partial charge is 0.462 e. The van der Waals surface area contributed by atoms with Crippen LogP contribution >= 0.6 is 0 Å². The molecule has 0 saturated carbocycles. The molecule has 0 rings (SSSR count). The molecule has 0 bridgehead atoms. The molecule has 6 heteroatoms. The lowest BCUT2D eigenvalue weighted by molar-refractivity contribution is -0.167. The third-order valence-electron chi connectivity index (χ3n) is 15.3. The van der Waals surface area contributed by atoms with Crippen LogP contribution in [0.5, 0.6) is 0 Å². The number of hydrogen-bond acceptors (Lipinski definition) is 6. The van der Waals surface area contributed by atoms with Gasteiger partial charge in [-0.15, -0.1) is 0 Å². The van der Waals surface area contributed by atoms with Gasteiger partial charge in [0.25, 0.3) is 0 Å². The fraction of sp³-hybridized carbons (Fsp3) is 0.727. The van der Waals surface area contributed by atoms with Gasteiger partial charge in [0, 0.05) is 19.3 Å². The minimum absolute atomic E-state index is 0.0794. The molecule has 0 N–H and O–H groups in total. The second-order valence-electron chi connectivity index (χ2n) is 23.4. The third kappa shape index (κ3) is 68.7. The quantitative estimate of drug-likeness (QED) is 0.0261. The van der Waals surface area contributed by atoms with Gasteiger partial charge in [-0.05, 0) is 109 Å². The van der Waals surface area contributed by atoms with Gasteiger partial charge in [0.2, 0.25) is 0 Å². The molecule has 0 aliphatic heterocycles. The maximum absolute atomic E-state index is 12.9. The van der Waals surface area contributed by atoms with Gasteiger partial charge in [0.05, 0.1) is 0 Å². The molecule has 0 heterocycles. The van der Waals surface area contributed by atoms with E-state index in [0.717, 1.165) is 122 Å². The van der Waals surface area contributed by atoms with E-state index < -0.39 is 6.10 Å². The number of rotatable bonds is 64. The summed E-state index contributed by atoms with van der Waals surface area (Å²) >= 11 is 0. The number of esters is 3. The summed E-state index contributed by atoms with van der Waals surface area (Å²) in [4.78, 5) is 38.3. The Morgan fingerprint density at radius 1 is 0.253 bits per heavy atom. The van der Waals surface area contributed by atoms with Crippen LogP contribution in [-0.4, -0.2) is 37.2 Å². The monoisotopic (exact) mass is 1150 g/mol. The van der Waals surface area contributed by atoms with Gasteiger partial charge in [-0.3, -0.25) is 14.4 Å². The fourth-order valence-electron chi connectivity index (χ4n) is 9.99. The number of ether oxygens (including phenoxy) is 3. The average molecular weight is 1150 g/mol. The van der Waals surface area contributed by atoms with Crippen molar-refractivity contribution >= 4 is 17.9 Å². The van der Waals surface area contributed by atoms with Gasteiger partial charge in [-0.25, -0.2) is 0 Å². The number of allylic oxidation sites excluding steroid dienone is 18. The lowest BCUT2D eigenvalue weighted by Crippen LogP contribution is -2.30. The van der Waals surface area contributed by atoms with Gasteiger partial charge < -0.3 is 14.2 Å². The first kappa shape index (κ1) is 79.1. The first-order valence-corrected chi connectivity index (χ1v) is 35.4. The Bertz CT molecular complexity index is 1660. The molecule has 0 aromatic heterocycles. The van der Waals surface area contributed by atoms with Crippen molar-refractivity contribution < 1.29 is 28.6 Å². The van der Waals surface area contributed by atoms with Crippen LogP contribution in [0.2, 0.25) is 0 Å². The minimum atomic E-state index is -0.783. The van der Waals surface area contributed by atoms with Gasteiger partial charge in [0.1, 0.15) is 13.2 Å². The molecule has 83 heavy (non-hydrogen) atoms. The fourth-order valence-corrected chi connectivity index (χ4v) is 9.99. The van der Waals surface area contributed by atoms with Crippen LogP contribution in [0.3, 0.4) is 0 Å². The van der Waals surface area contributed by atoms with E-state index in [9.17, 15) is 14.4 Å². The average Bonchev–Trinajstić information content (AvgIpc) is 3.49. The molecule has 0 amide bonds. The second kappa shape index (κ2) is 70.6. The number of carbonyl (C=O) groups is 3. The summed E-state index contributed by atoms with van der Waals surface area (Å²) in [5.74, 6) is -0.882. The molecule has 6 nitrogen and oxygen atoms in total. The zero-order chi connectivity index (χ0) is 59.9. The normalized spacial score (nSPS) is 12.8. The van der Waals surface area contributed by atoms with Crippen molar-refractivity contribution in [3.8, 4) is 0 Å². The van der Waals surface area contributed by atoms with Crippen molar-refractivity contribution in [1.29, 1.82) is 0 Å². The highest BCUT2D eigenvalue weighted by Gasteiger charge is 2.19. The van der Waals surface area contributed by atoms with Crippen LogP contribution in [0.4, 0.5) is 0 Å². The standard InChI is InChI=1S/C77H132O6/c1-4-7-10-13-16-19-21-23-25-27-29-31-32-33-34-35-36-37-38-39-40-41-42-43-44-46-47-49-51-53-55-58-61-64-67-70-76(79)82-73-74(72-81-75(78)69-66-63-60-57-18-15-12-9-6-3)83-77(80)71-68-65-62-59-56-54-52-50-48-45-30-28-26-24-22-20-17-14-11-8-5-2/h7,10,16,19,22-25,28-31,33-34,36-37,48,50,74H,4-6,8-9,11-15,17-18,20-21,26-27,32,35,38-47,49,51-73H2,1-3H3/b10-7-,19-16-,24-22-,25-23-,30-28-,31-29-,34-33-,37-36-,50-48-. The Kier molecular flexibility index (Phi) is 67.2. The maximum atomic E-state index is 12.9. The molecule has 1 unspecified atom stereocenters. The predicted molar refractivity (Wildman–Crippen MR) is 362 cm³/mol. The van der Waals surface area contributed by atoms with Crippen LogP contribution in [0.25, 0.3) is 0 Å². The van der Waals surface area contributed by atoms with Crippen molar-refractivity contribution in [3.63, 3.8) is 0 Å². The summed E-state index contributed by atoms with van der Waals surface area (Å²) < 4.78 is 16.9. The van der Waals surface area contributed by atoms with E-state index >= 15 is 0 Å². The van der Waals surface area contributed by atoms with Crippen molar-refractivity contribution in [2.75, 3.05) is 13.2 Å². The van der Waals surface area contributed by atoms with Crippen molar-refractivity contribution in [3.05, 3.63) is 109 Å². The van der Waals surface area contributed by atoms with E-state index in [4.69, 9.17) is 14.2 Å². The zero-order valence-electron chi connectivity index (χ0n) is 54.7. The van der Waals surface area contributed by atoms with Gasteiger partial charge in [0.15, 0.2) is 6.10 Å². The predicted octanol–water partition coefficient (Wildman–Crippen LogP) is 24.6. The summed E-state index contributed by atoms with van der Waals surface area (Å²) in [7, 11) is 0. The highest BCUT2D eigenvalue weighted by atomic mass is 16.6. The van der Waals surface area contributed by atoms with Crippen LogP contribution in [0.1, 0.15) is 342 Å². The van der Waals surface area contributed by atoms with Crippen molar-refractivity contribution in [2.45, 2.75) is 348 Å². The molecule has 0 spiro atoms. The molecule has 0 saturated heterocycles. The molecule has 0 aliphatic rings. The highest BCUT2D eigenvalue weighted by Crippen LogP contribution is 2.17. The summed E-state index contributed by atoms with van der Waals surface area (Å²) in [5, 5.41) is 0. The molecular weight excluding hydrogens is 1020 g/mol. The Hall–Kier alpha value is -3.93. The van der Waals surface area contributed by atoms with Crippen LogP contribution in [0.15, 0.2) is 109 Å². The second-order valence-corrected chi connectivity index (χ2v) is 23.4. The lowest BCUT2D eigenvalue weighted by atomic mass is 10.0. The Morgan fingerprint density at radius 2 is 0.470 bits per heavy atom. The smallest absolute Gasteiger partial charge is 0.306 e. The molecule has 0 radical (unpaired) electrons. The summed E-state index contributed by atoms with van der Waals surface area (Å²) in [6.45, 7) is 6.51. The topological polar surface area (TPSA) is 78.9 Å². The van der Waals surface area contributed by atoms with Crippen LogP contribution in [-0.2, 0) is 28.6 Å². The van der Waals surface area contributed by atoms with Gasteiger partial charge in [-0.1, -0.05) is 323 Å². The minimum Gasteiger partial charge on any atom is -0.462 e. The molecule has 476 valence electrons. The van der Waals surface area contributed by atoms with Gasteiger partial charge in [-0.2, -0.15) is 0 Å². The third-order valence-corrected chi connectivity index (χ3v) is 15.3. The SMILES string of the molecule is CC/C=C\C/C=C\C/C=C\C/C=C\C/C=C\C/C=C\CCCCCCCCCCCCCCCCCCC(=O)OCC(COC(=O)CCCCCCCCCCC)OC(=O)CCCCCCCC/C=C\C/C=C\C/C=C\CCCCCCC. The zero-order valence-corrected chi connectivity index (χ0v) is 54.7. The lowest BCUT2D eigenvalue weighted by Gasteiger charge is -2.18. The molecule has 0 aromatic carbocycles. The summed E-state index contributed by atoms with van der Waals surface area (Å²) in [6.07, 6.45) is 97.0. The van der Waals surface area contributed by atoms with Crippen molar-refractivity contribution in [2.24, 2.45) is 0 Å². The number of unbranched alkanes of at least 4 members (excludes halogenated alkanes) is 35. The Labute approximate surface area is 514 Å². The molecule has 0 fully saturated rings. The Morgan fingerprint density at radius 3 is 0.735 bits per heavy atom. The number of hydrogen-bond donors (Lipinski definition) is 0. The molecular formula is C77H132O6. The summed E-state index contributed by atoms with van der Waals surface area (Å²) in [5.41, 5.74) is 0. The van der Waals surface area contributed by atoms with Crippen LogP contribution in [0, 0.1) is 0 Å². The molecule has 1 atom stereocenters. The van der Waals surface area contributed by atoms with Crippen molar-refractivity contribution in [1.82, 2.24) is 0 Å². The summed E-state index contributed by atoms with van der Waals surface area (Å²) in [6, 6.07) is 0. The maximum Gasteiger partial charge on any atom is 0.306 e. The van der Waals surface area contributed by atoms with Crippen LogP contribution < -0.4 is 0 Å². The van der Waals surface area contributed by atoms with E-state index in [2.05, 4.69) is 130 Å². The number of carbonyl (C=O) groups excluding carboxylic acids is 3. The first-order chi connectivity index (χ1) is 41.0. The van der Waals surface area contributed by atoms with E-state index in [1.165, 1.54) is 180 Å². The van der Waals surface area contributed by atoms with E-state index in [0.29, 0.717) is 19.3 Å².